The van der Waals surface area contributed by atoms with Crippen LogP contribution in [0.15, 0.2) is 79.1 Å². The van der Waals surface area contributed by atoms with Crippen LogP contribution >= 0.6 is 11.6 Å². The van der Waals surface area contributed by atoms with Gasteiger partial charge >= 0.3 is 0 Å². The van der Waals surface area contributed by atoms with Gasteiger partial charge in [0.1, 0.15) is 23.9 Å². The van der Waals surface area contributed by atoms with Crippen molar-refractivity contribution >= 4 is 23.2 Å². The van der Waals surface area contributed by atoms with E-state index in [1.54, 1.807) is 37.6 Å². The molecule has 0 spiro atoms. The molecule has 3 aromatic carbocycles. The van der Waals surface area contributed by atoms with Gasteiger partial charge in [-0.3, -0.25) is 9.48 Å². The molecule has 0 saturated carbocycles. The van der Waals surface area contributed by atoms with Gasteiger partial charge < -0.3 is 14.8 Å². The number of rotatable bonds is 8. The lowest BCUT2D eigenvalue weighted by atomic mass is 10.1. The molecule has 168 valence electrons. The number of amides is 1. The van der Waals surface area contributed by atoms with Crippen LogP contribution in [0.2, 0.25) is 5.02 Å². The summed E-state index contributed by atoms with van der Waals surface area (Å²) in [4.78, 5) is 12.6. The topological polar surface area (TPSA) is 65.4 Å². The zero-order valence-electron chi connectivity index (χ0n) is 17.8. The first-order chi connectivity index (χ1) is 16.0. The van der Waals surface area contributed by atoms with Crippen LogP contribution in [0.1, 0.15) is 21.5 Å². The van der Waals surface area contributed by atoms with E-state index in [2.05, 4.69) is 10.4 Å². The summed E-state index contributed by atoms with van der Waals surface area (Å²) >= 11 is 6.07. The third-order valence-corrected chi connectivity index (χ3v) is 5.31. The summed E-state index contributed by atoms with van der Waals surface area (Å²) in [5, 5.41) is 7.29. The quantitative estimate of drug-likeness (QED) is 0.370. The Morgan fingerprint density at radius 3 is 2.48 bits per heavy atom. The van der Waals surface area contributed by atoms with Crippen LogP contribution in [0.25, 0.3) is 0 Å². The molecule has 0 atom stereocenters. The number of ether oxygens (including phenoxy) is 2. The van der Waals surface area contributed by atoms with E-state index in [9.17, 15) is 9.18 Å². The molecule has 8 heteroatoms. The van der Waals surface area contributed by atoms with E-state index in [0.717, 1.165) is 17.1 Å². The highest BCUT2D eigenvalue weighted by Gasteiger charge is 2.11. The van der Waals surface area contributed by atoms with Gasteiger partial charge in [0.15, 0.2) is 0 Å². The minimum absolute atomic E-state index is 0.157. The van der Waals surface area contributed by atoms with E-state index in [-0.39, 0.29) is 12.5 Å². The van der Waals surface area contributed by atoms with Gasteiger partial charge in [0.2, 0.25) is 0 Å². The summed E-state index contributed by atoms with van der Waals surface area (Å²) in [5.41, 5.74) is 2.26. The Morgan fingerprint density at radius 1 is 1.06 bits per heavy atom. The number of benzene rings is 3. The molecule has 0 saturated heterocycles. The second-order valence-electron chi connectivity index (χ2n) is 7.24. The molecule has 33 heavy (non-hydrogen) atoms. The highest BCUT2D eigenvalue weighted by molar-refractivity contribution is 6.31. The maximum Gasteiger partial charge on any atom is 0.255 e. The molecule has 0 bridgehead atoms. The van der Waals surface area contributed by atoms with E-state index in [1.807, 2.05) is 36.4 Å². The van der Waals surface area contributed by atoms with Gasteiger partial charge in [-0.2, -0.15) is 5.10 Å². The van der Waals surface area contributed by atoms with Crippen molar-refractivity contribution in [3.05, 3.63) is 107 Å². The number of halogens is 2. The minimum atomic E-state index is -0.403. The van der Waals surface area contributed by atoms with Crippen molar-refractivity contribution in [2.45, 2.75) is 13.2 Å². The number of nitrogens with zero attached hydrogens (tertiary/aromatic N) is 2. The Bertz CT molecular complexity index is 1220. The first-order valence-electron chi connectivity index (χ1n) is 10.1. The second-order valence-corrected chi connectivity index (χ2v) is 7.65. The Kier molecular flexibility index (Phi) is 6.90. The van der Waals surface area contributed by atoms with Crippen molar-refractivity contribution in [1.82, 2.24) is 9.78 Å². The summed E-state index contributed by atoms with van der Waals surface area (Å²) in [6.45, 7) is 0.532. The molecule has 4 rings (SSSR count). The molecule has 0 aliphatic rings. The third-order valence-electron chi connectivity index (χ3n) is 4.95. The molecule has 1 aromatic heterocycles. The zero-order valence-corrected chi connectivity index (χ0v) is 18.6. The number of carbonyl (C=O) groups is 1. The van der Waals surface area contributed by atoms with Crippen LogP contribution < -0.4 is 14.8 Å². The van der Waals surface area contributed by atoms with Gasteiger partial charge in [-0.1, -0.05) is 29.8 Å². The highest BCUT2D eigenvalue weighted by Crippen LogP contribution is 2.21. The average Bonchev–Trinajstić information content (AvgIpc) is 3.27. The molecule has 0 unspecified atom stereocenters. The van der Waals surface area contributed by atoms with E-state index >= 15 is 0 Å². The van der Waals surface area contributed by atoms with Crippen LogP contribution in [-0.4, -0.2) is 22.8 Å². The zero-order chi connectivity index (χ0) is 23.2. The lowest BCUT2D eigenvalue weighted by molar-refractivity contribution is 0.102. The predicted molar refractivity (Wildman–Crippen MR) is 124 cm³/mol. The fourth-order valence-corrected chi connectivity index (χ4v) is 3.38. The van der Waals surface area contributed by atoms with Crippen molar-refractivity contribution in [3.8, 4) is 11.5 Å². The number of nitrogens with one attached hydrogen (secondary N) is 1. The van der Waals surface area contributed by atoms with E-state index in [0.29, 0.717) is 28.4 Å². The lowest BCUT2D eigenvalue weighted by Gasteiger charge is -2.08. The summed E-state index contributed by atoms with van der Waals surface area (Å²) in [6.07, 6.45) is 3.13. The number of aromatic nitrogens is 2. The molecule has 0 aliphatic carbocycles. The third kappa shape index (κ3) is 5.70. The van der Waals surface area contributed by atoms with Gasteiger partial charge in [-0.25, -0.2) is 4.39 Å². The van der Waals surface area contributed by atoms with Crippen molar-refractivity contribution in [1.29, 1.82) is 0 Å². The fourth-order valence-electron chi connectivity index (χ4n) is 3.15. The number of hydrogen-bond acceptors (Lipinski definition) is 4. The molecular weight excluding hydrogens is 445 g/mol. The number of hydrogen-bond donors (Lipinski definition) is 1. The Hall–Kier alpha value is -3.84. The van der Waals surface area contributed by atoms with Gasteiger partial charge in [0, 0.05) is 22.3 Å². The first-order valence-corrected chi connectivity index (χ1v) is 10.5. The Morgan fingerprint density at radius 2 is 1.79 bits per heavy atom. The van der Waals surface area contributed by atoms with Gasteiger partial charge in [0.05, 0.1) is 25.5 Å². The molecule has 1 N–H and O–H groups in total. The molecule has 0 radical (unpaired) electrons. The molecule has 1 heterocycles. The molecule has 6 nitrogen and oxygen atoms in total. The standard InChI is InChI=1S/C25H21ClFN3O3/c1-32-20-9-11-21(12-10-20)33-16-17-5-7-18(8-6-17)25(31)29-19-13-28-30(14-19)15-22-23(26)3-2-4-24(22)27/h2-14H,15-16H2,1H3,(H,29,31). The Balaban J connectivity index is 1.33. The lowest BCUT2D eigenvalue weighted by Crippen LogP contribution is -2.11. The fraction of sp³-hybridized carbons (Fsp3) is 0.120. The summed E-state index contributed by atoms with van der Waals surface area (Å²) in [7, 11) is 1.61. The van der Waals surface area contributed by atoms with Crippen LogP contribution in [0, 0.1) is 5.82 Å². The summed E-state index contributed by atoms with van der Waals surface area (Å²) in [6, 6.07) is 19.0. The molecule has 0 aliphatic heterocycles. The van der Waals surface area contributed by atoms with E-state index in [4.69, 9.17) is 21.1 Å². The van der Waals surface area contributed by atoms with Gasteiger partial charge in [-0.05, 0) is 54.1 Å². The monoisotopic (exact) mass is 465 g/mol. The Labute approximate surface area is 195 Å². The van der Waals surface area contributed by atoms with Crippen LogP contribution in [0.3, 0.4) is 0 Å². The number of anilines is 1. The normalized spacial score (nSPS) is 10.6. The van der Waals surface area contributed by atoms with Crippen molar-refractivity contribution < 1.29 is 18.7 Å². The second kappa shape index (κ2) is 10.2. The van der Waals surface area contributed by atoms with Crippen LogP contribution in [-0.2, 0) is 13.2 Å². The average molecular weight is 466 g/mol. The molecule has 0 fully saturated rings. The maximum atomic E-state index is 14.0. The predicted octanol–water partition coefficient (Wildman–Crippen LogP) is 5.56. The SMILES string of the molecule is COc1ccc(OCc2ccc(C(=O)Nc3cnn(Cc4c(F)cccc4Cl)c3)cc2)cc1. The van der Waals surface area contributed by atoms with Crippen molar-refractivity contribution in [2.75, 3.05) is 12.4 Å². The van der Waals surface area contributed by atoms with Crippen LogP contribution in [0.4, 0.5) is 10.1 Å². The van der Waals surface area contributed by atoms with Crippen molar-refractivity contribution in [2.24, 2.45) is 0 Å². The summed E-state index contributed by atoms with van der Waals surface area (Å²) in [5.74, 6) is 0.811. The van der Waals surface area contributed by atoms with Gasteiger partial charge in [0.25, 0.3) is 5.91 Å². The smallest absolute Gasteiger partial charge is 0.255 e. The van der Waals surface area contributed by atoms with Crippen molar-refractivity contribution in [3.63, 3.8) is 0 Å². The minimum Gasteiger partial charge on any atom is -0.497 e. The van der Waals surface area contributed by atoms with E-state index < -0.39 is 5.82 Å². The number of carbonyl (C=O) groups excluding carboxylic acids is 1. The summed E-state index contributed by atoms with van der Waals surface area (Å²) < 4.78 is 26.4. The molecule has 4 aromatic rings. The number of methoxy groups -OCH3 is 1. The first kappa shape index (κ1) is 22.4. The molecular formula is C25H21ClFN3O3. The van der Waals surface area contributed by atoms with E-state index in [1.165, 1.54) is 16.9 Å². The highest BCUT2D eigenvalue weighted by atomic mass is 35.5. The van der Waals surface area contributed by atoms with Gasteiger partial charge in [-0.15, -0.1) is 0 Å². The van der Waals surface area contributed by atoms with Crippen LogP contribution in [0.5, 0.6) is 11.5 Å². The largest absolute Gasteiger partial charge is 0.497 e. The molecule has 1 amide bonds. The maximum absolute atomic E-state index is 14.0.